The molecule has 1 fully saturated rings. The van der Waals surface area contributed by atoms with Gasteiger partial charge in [0.1, 0.15) is 12.4 Å². The third-order valence-corrected chi connectivity index (χ3v) is 7.67. The van der Waals surface area contributed by atoms with Crippen molar-refractivity contribution in [2.45, 2.75) is 39.2 Å². The second-order valence-corrected chi connectivity index (χ2v) is 10.6. The van der Waals surface area contributed by atoms with Crippen LogP contribution >= 0.6 is 0 Å². The average molecular weight is 513 g/mol. The van der Waals surface area contributed by atoms with Gasteiger partial charge in [0.25, 0.3) is 0 Å². The number of amides is 1. The first-order chi connectivity index (χ1) is 18.4. The molecule has 1 saturated heterocycles. The van der Waals surface area contributed by atoms with Crippen molar-refractivity contribution in [1.82, 2.24) is 14.9 Å². The van der Waals surface area contributed by atoms with Gasteiger partial charge in [0.05, 0.1) is 18.7 Å². The Morgan fingerprint density at radius 2 is 1.97 bits per heavy atom. The largest absolute Gasteiger partial charge is 0.463 e. The quantitative estimate of drug-likeness (QED) is 0.435. The number of hydrogen-bond acceptors (Lipinski definition) is 6. The Kier molecular flexibility index (Phi) is 7.64. The van der Waals surface area contributed by atoms with E-state index in [0.717, 1.165) is 50.4 Å². The summed E-state index contributed by atoms with van der Waals surface area (Å²) in [6, 6.07) is 13.3. The van der Waals surface area contributed by atoms with E-state index < -0.39 is 0 Å². The van der Waals surface area contributed by atoms with Gasteiger partial charge in [-0.05, 0) is 43.2 Å². The number of piperidine rings is 1. The van der Waals surface area contributed by atoms with Crippen molar-refractivity contribution >= 4 is 28.2 Å². The maximum Gasteiger partial charge on any atom is 0.318 e. The van der Waals surface area contributed by atoms with E-state index in [0.29, 0.717) is 25.0 Å². The lowest BCUT2D eigenvalue weighted by molar-refractivity contribution is -0.129. The fraction of sp³-hybridized carbons (Fsp3) is 0.467. The highest BCUT2D eigenvalue weighted by Gasteiger charge is 2.30. The Hall–Kier alpha value is -3.86. The summed E-state index contributed by atoms with van der Waals surface area (Å²) < 4.78 is 5.97. The summed E-state index contributed by atoms with van der Waals surface area (Å²) in [5, 5.41) is 2.52. The smallest absolute Gasteiger partial charge is 0.318 e. The van der Waals surface area contributed by atoms with Gasteiger partial charge in [-0.2, -0.15) is 9.97 Å². The lowest BCUT2D eigenvalue weighted by Crippen LogP contribution is -2.39. The Morgan fingerprint density at radius 3 is 2.76 bits per heavy atom. The molecule has 198 valence electrons. The Morgan fingerprint density at radius 1 is 1.16 bits per heavy atom. The standard InChI is InChI=1S/C30H36N6O2/c1-21-8-5-10-23-11-6-12-26(28(21)23)35-16-13-24-25(20-35)32-30(38-17-14-27(37)34(3)4)33-29(24)36-15-7-9-22(19-36)18-31-2/h5-6,8,10-12,22H,7,9,13-20H2,1,3-4H3/t22-/m0/s1. The van der Waals surface area contributed by atoms with Crippen molar-refractivity contribution in [3.05, 3.63) is 64.6 Å². The lowest BCUT2D eigenvalue weighted by Gasteiger charge is -2.36. The van der Waals surface area contributed by atoms with E-state index in [1.165, 1.54) is 27.6 Å². The molecule has 1 amide bonds. The molecule has 1 aromatic heterocycles. The van der Waals surface area contributed by atoms with Gasteiger partial charge in [-0.3, -0.25) is 4.79 Å². The van der Waals surface area contributed by atoms with Gasteiger partial charge in [0.15, 0.2) is 0 Å². The lowest BCUT2D eigenvalue weighted by atomic mass is 9.96. The molecule has 2 aliphatic rings. The molecule has 2 aromatic carbocycles. The molecule has 0 bridgehead atoms. The number of carbonyl (C=O) groups is 1. The molecule has 38 heavy (non-hydrogen) atoms. The van der Waals surface area contributed by atoms with Crippen LogP contribution in [0, 0.1) is 19.4 Å². The number of nitrogens with zero attached hydrogens (tertiary/aromatic N) is 6. The maximum absolute atomic E-state index is 12.1. The molecule has 0 spiro atoms. The monoisotopic (exact) mass is 512 g/mol. The Balaban J connectivity index is 1.47. The number of rotatable bonds is 7. The van der Waals surface area contributed by atoms with Crippen LogP contribution < -0.4 is 14.5 Å². The van der Waals surface area contributed by atoms with E-state index in [2.05, 4.69) is 58.0 Å². The van der Waals surface area contributed by atoms with Crippen LogP contribution in [0.3, 0.4) is 0 Å². The molecule has 5 rings (SSSR count). The van der Waals surface area contributed by atoms with Gasteiger partial charge in [-0.25, -0.2) is 6.57 Å². The Bertz CT molecular complexity index is 1360. The normalized spacial score (nSPS) is 17.2. The minimum absolute atomic E-state index is 0.0127. The van der Waals surface area contributed by atoms with Crippen LogP contribution in [0.4, 0.5) is 11.5 Å². The minimum Gasteiger partial charge on any atom is -0.463 e. The predicted octanol–water partition coefficient (Wildman–Crippen LogP) is 4.49. The van der Waals surface area contributed by atoms with Gasteiger partial charge in [0.2, 0.25) is 12.5 Å². The minimum atomic E-state index is 0.0127. The van der Waals surface area contributed by atoms with Crippen LogP contribution in [0.25, 0.3) is 15.6 Å². The molecule has 0 radical (unpaired) electrons. The molecular weight excluding hydrogens is 476 g/mol. The fourth-order valence-corrected chi connectivity index (χ4v) is 5.68. The predicted molar refractivity (Wildman–Crippen MR) is 151 cm³/mol. The first kappa shape index (κ1) is 25.8. The summed E-state index contributed by atoms with van der Waals surface area (Å²) in [7, 11) is 3.49. The summed E-state index contributed by atoms with van der Waals surface area (Å²) in [6.45, 7) is 13.6. The molecule has 8 nitrogen and oxygen atoms in total. The van der Waals surface area contributed by atoms with Gasteiger partial charge >= 0.3 is 6.01 Å². The number of ether oxygens (including phenoxy) is 1. The first-order valence-corrected chi connectivity index (χ1v) is 13.5. The number of aryl methyl sites for hydroxylation is 1. The number of anilines is 2. The van der Waals surface area contributed by atoms with E-state index in [4.69, 9.17) is 21.3 Å². The van der Waals surface area contributed by atoms with E-state index in [1.807, 2.05) is 0 Å². The molecule has 3 heterocycles. The second kappa shape index (κ2) is 11.3. The van der Waals surface area contributed by atoms with Gasteiger partial charge in [-0.1, -0.05) is 30.3 Å². The summed E-state index contributed by atoms with van der Waals surface area (Å²) >= 11 is 0. The zero-order valence-electron chi connectivity index (χ0n) is 22.6. The van der Waals surface area contributed by atoms with Crippen LogP contribution in [0.5, 0.6) is 6.01 Å². The third-order valence-electron chi connectivity index (χ3n) is 7.67. The highest BCUT2D eigenvalue weighted by atomic mass is 16.5. The first-order valence-electron chi connectivity index (χ1n) is 13.5. The summed E-state index contributed by atoms with van der Waals surface area (Å²) in [4.78, 5) is 31.8. The molecule has 2 aliphatic heterocycles. The van der Waals surface area contributed by atoms with Gasteiger partial charge in [0, 0.05) is 56.3 Å². The molecule has 1 atom stereocenters. The van der Waals surface area contributed by atoms with Crippen molar-refractivity contribution in [3.63, 3.8) is 0 Å². The molecule has 0 saturated carbocycles. The summed E-state index contributed by atoms with van der Waals surface area (Å²) in [5.74, 6) is 1.30. The van der Waals surface area contributed by atoms with E-state index >= 15 is 0 Å². The fourth-order valence-electron chi connectivity index (χ4n) is 5.68. The van der Waals surface area contributed by atoms with Crippen molar-refractivity contribution < 1.29 is 9.53 Å². The molecule has 3 aromatic rings. The van der Waals surface area contributed by atoms with E-state index in [1.54, 1.807) is 19.0 Å². The van der Waals surface area contributed by atoms with Crippen molar-refractivity contribution in [2.24, 2.45) is 5.92 Å². The molecular formula is C30H36N6O2. The SMILES string of the molecule is [C-]#[N+]C[C@@H]1CCCN(c2nc(OCCC(=O)N(C)C)nc3c2CCN(c2cccc4cccc(C)c24)C3)C1. The number of fused-ring (bicyclic) bond motifs is 2. The Labute approximate surface area is 225 Å². The van der Waals surface area contributed by atoms with Crippen molar-refractivity contribution in [1.29, 1.82) is 0 Å². The molecule has 0 N–H and O–H groups in total. The van der Waals surface area contributed by atoms with Crippen LogP contribution in [-0.4, -0.2) is 67.7 Å². The number of benzene rings is 2. The van der Waals surface area contributed by atoms with Gasteiger partial charge in [-0.15, -0.1) is 0 Å². The number of hydrogen-bond donors (Lipinski definition) is 0. The van der Waals surface area contributed by atoms with Gasteiger partial charge < -0.3 is 24.3 Å². The second-order valence-electron chi connectivity index (χ2n) is 10.6. The zero-order chi connectivity index (χ0) is 26.6. The van der Waals surface area contributed by atoms with E-state index in [-0.39, 0.29) is 18.9 Å². The molecule has 8 heteroatoms. The number of aromatic nitrogens is 2. The van der Waals surface area contributed by atoms with Crippen molar-refractivity contribution in [3.8, 4) is 6.01 Å². The summed E-state index contributed by atoms with van der Waals surface area (Å²) in [5.41, 5.74) is 4.65. The summed E-state index contributed by atoms with van der Waals surface area (Å²) in [6.07, 6.45) is 3.25. The highest BCUT2D eigenvalue weighted by Crippen LogP contribution is 2.36. The highest BCUT2D eigenvalue weighted by molar-refractivity contribution is 5.97. The van der Waals surface area contributed by atoms with Crippen LogP contribution in [0.15, 0.2) is 36.4 Å². The number of carbonyl (C=O) groups excluding carboxylic acids is 1. The molecule has 0 aliphatic carbocycles. The zero-order valence-corrected chi connectivity index (χ0v) is 22.6. The molecule has 0 unspecified atom stereocenters. The third kappa shape index (κ3) is 5.38. The van der Waals surface area contributed by atoms with Crippen molar-refractivity contribution in [2.75, 3.05) is 56.7 Å². The van der Waals surface area contributed by atoms with Crippen LogP contribution in [0.2, 0.25) is 0 Å². The van der Waals surface area contributed by atoms with Crippen LogP contribution in [0.1, 0.15) is 36.1 Å². The van der Waals surface area contributed by atoms with Crippen LogP contribution in [-0.2, 0) is 17.8 Å². The average Bonchev–Trinajstić information content (AvgIpc) is 2.92. The topological polar surface area (TPSA) is 66.2 Å². The van der Waals surface area contributed by atoms with E-state index in [9.17, 15) is 4.79 Å². The maximum atomic E-state index is 12.1.